The van der Waals surface area contributed by atoms with Gasteiger partial charge in [0.15, 0.2) is 0 Å². The van der Waals surface area contributed by atoms with Crippen molar-refractivity contribution >= 4 is 33.2 Å². The van der Waals surface area contributed by atoms with Crippen LogP contribution in [0.3, 0.4) is 0 Å². The first-order chi connectivity index (χ1) is 12.8. The second-order valence-corrected chi connectivity index (χ2v) is 8.86. The smallest absolute Gasteiger partial charge is 0.255 e. The van der Waals surface area contributed by atoms with E-state index < -0.39 is 21.7 Å². The molecular formula is C19H20ClFN2O3S. The van der Waals surface area contributed by atoms with E-state index in [0.29, 0.717) is 6.54 Å². The van der Waals surface area contributed by atoms with Gasteiger partial charge >= 0.3 is 0 Å². The Hall–Kier alpha value is -1.96. The van der Waals surface area contributed by atoms with Crippen LogP contribution in [0.5, 0.6) is 0 Å². The molecule has 1 N–H and O–H groups in total. The summed E-state index contributed by atoms with van der Waals surface area (Å²) in [7, 11) is -3.59. The van der Waals surface area contributed by atoms with E-state index in [4.69, 9.17) is 11.6 Å². The zero-order valence-corrected chi connectivity index (χ0v) is 16.4. The van der Waals surface area contributed by atoms with Crippen molar-refractivity contribution < 1.29 is 17.6 Å². The number of rotatable bonds is 4. The molecule has 1 amide bonds. The molecule has 1 heterocycles. The maximum atomic E-state index is 13.1. The number of amides is 1. The van der Waals surface area contributed by atoms with Crippen LogP contribution in [-0.2, 0) is 10.0 Å². The Kier molecular flexibility index (Phi) is 5.83. The van der Waals surface area contributed by atoms with Gasteiger partial charge in [-0.1, -0.05) is 18.0 Å². The van der Waals surface area contributed by atoms with E-state index in [0.717, 1.165) is 25.3 Å². The van der Waals surface area contributed by atoms with Gasteiger partial charge < -0.3 is 5.32 Å². The van der Waals surface area contributed by atoms with Crippen LogP contribution in [0.2, 0.25) is 5.02 Å². The average molecular weight is 411 g/mol. The number of halogens is 2. The monoisotopic (exact) mass is 410 g/mol. The predicted molar refractivity (Wildman–Crippen MR) is 103 cm³/mol. The van der Waals surface area contributed by atoms with Crippen LogP contribution >= 0.6 is 11.6 Å². The molecule has 0 aromatic heterocycles. The fraction of sp³-hybridized carbons (Fsp3) is 0.316. The highest BCUT2D eigenvalue weighted by atomic mass is 35.5. The minimum Gasteiger partial charge on any atom is -0.321 e. The summed E-state index contributed by atoms with van der Waals surface area (Å²) in [6.07, 6.45) is 2.72. The first kappa shape index (κ1) is 19.8. The summed E-state index contributed by atoms with van der Waals surface area (Å²) in [6.45, 7) is 2.42. The molecular weight excluding hydrogens is 391 g/mol. The minimum atomic E-state index is -3.59. The standard InChI is InChI=1S/C19H20ClFN2O3S/c1-13-4-2-3-11-23(13)27(25,26)16-8-5-14(6-9-16)19(24)22-18-10-7-15(21)12-17(18)20/h5-10,12-13H,2-4,11H2,1H3,(H,22,24). The van der Waals surface area contributed by atoms with E-state index in [1.807, 2.05) is 6.92 Å². The molecule has 1 saturated heterocycles. The summed E-state index contributed by atoms with van der Waals surface area (Å²) in [5, 5.41) is 2.67. The van der Waals surface area contributed by atoms with Gasteiger partial charge in [-0.05, 0) is 62.2 Å². The molecule has 1 fully saturated rings. The molecule has 1 unspecified atom stereocenters. The molecule has 0 aliphatic carbocycles. The molecule has 1 aliphatic rings. The van der Waals surface area contributed by atoms with Crippen molar-refractivity contribution in [3.05, 3.63) is 58.9 Å². The van der Waals surface area contributed by atoms with Crippen molar-refractivity contribution in [2.45, 2.75) is 37.1 Å². The first-order valence-electron chi connectivity index (χ1n) is 8.67. The lowest BCUT2D eigenvalue weighted by molar-refractivity contribution is 0.102. The zero-order chi connectivity index (χ0) is 19.6. The van der Waals surface area contributed by atoms with Crippen LogP contribution in [0.4, 0.5) is 10.1 Å². The molecule has 27 heavy (non-hydrogen) atoms. The summed E-state index contributed by atoms with van der Waals surface area (Å²) in [5.74, 6) is -0.960. The lowest BCUT2D eigenvalue weighted by atomic mass is 10.1. The largest absolute Gasteiger partial charge is 0.321 e. The Bertz CT molecular complexity index is 948. The quantitative estimate of drug-likeness (QED) is 0.817. The summed E-state index contributed by atoms with van der Waals surface area (Å²) in [6, 6.07) is 9.39. The van der Waals surface area contributed by atoms with Gasteiger partial charge in [-0.2, -0.15) is 4.31 Å². The summed E-state index contributed by atoms with van der Waals surface area (Å²) in [4.78, 5) is 12.5. The number of carbonyl (C=O) groups is 1. The fourth-order valence-corrected chi connectivity index (χ4v) is 5.04. The van der Waals surface area contributed by atoms with Crippen LogP contribution in [0.15, 0.2) is 47.4 Å². The molecule has 8 heteroatoms. The molecule has 2 aromatic carbocycles. The second-order valence-electron chi connectivity index (χ2n) is 6.56. The molecule has 0 saturated carbocycles. The van der Waals surface area contributed by atoms with Gasteiger partial charge in [0, 0.05) is 18.2 Å². The van der Waals surface area contributed by atoms with Crippen LogP contribution in [0.1, 0.15) is 36.5 Å². The first-order valence-corrected chi connectivity index (χ1v) is 10.5. The van der Waals surface area contributed by atoms with Gasteiger partial charge in [0.05, 0.1) is 15.6 Å². The minimum absolute atomic E-state index is 0.0349. The summed E-state index contributed by atoms with van der Waals surface area (Å²) < 4.78 is 40.2. The van der Waals surface area contributed by atoms with Gasteiger partial charge in [-0.15, -0.1) is 0 Å². The SMILES string of the molecule is CC1CCCCN1S(=O)(=O)c1ccc(C(=O)Nc2ccc(F)cc2Cl)cc1. The van der Waals surface area contributed by atoms with Gasteiger partial charge in [0.1, 0.15) is 5.82 Å². The number of anilines is 1. The molecule has 0 spiro atoms. The summed E-state index contributed by atoms with van der Waals surface area (Å²) >= 11 is 5.91. The molecule has 1 aliphatic heterocycles. The lowest BCUT2D eigenvalue weighted by Crippen LogP contribution is -2.41. The number of hydrogen-bond acceptors (Lipinski definition) is 3. The molecule has 5 nitrogen and oxygen atoms in total. The third-order valence-electron chi connectivity index (χ3n) is 4.64. The number of piperidine rings is 1. The van der Waals surface area contributed by atoms with Crippen LogP contribution < -0.4 is 5.32 Å². The zero-order valence-electron chi connectivity index (χ0n) is 14.8. The number of hydrogen-bond donors (Lipinski definition) is 1. The van der Waals surface area contributed by atoms with Gasteiger partial charge in [-0.3, -0.25) is 4.79 Å². The molecule has 2 aromatic rings. The lowest BCUT2D eigenvalue weighted by Gasteiger charge is -2.32. The number of nitrogens with zero attached hydrogens (tertiary/aromatic N) is 1. The third-order valence-corrected chi connectivity index (χ3v) is 6.98. The van der Waals surface area contributed by atoms with Crippen molar-refractivity contribution in [3.8, 4) is 0 Å². The third kappa shape index (κ3) is 4.31. The Morgan fingerprint density at radius 3 is 2.52 bits per heavy atom. The van der Waals surface area contributed by atoms with Crippen molar-refractivity contribution in [2.24, 2.45) is 0 Å². The van der Waals surface area contributed by atoms with Crippen molar-refractivity contribution in [2.75, 3.05) is 11.9 Å². The number of carbonyl (C=O) groups excluding carboxylic acids is 1. The normalized spacial score (nSPS) is 18.3. The van der Waals surface area contributed by atoms with Gasteiger partial charge in [-0.25, -0.2) is 12.8 Å². The Labute approximate surface area is 163 Å². The number of nitrogens with one attached hydrogen (secondary N) is 1. The maximum absolute atomic E-state index is 13.1. The molecule has 1 atom stereocenters. The molecule has 0 bridgehead atoms. The van der Waals surface area contributed by atoms with E-state index in [-0.39, 0.29) is 27.2 Å². The molecule has 0 radical (unpaired) electrons. The van der Waals surface area contributed by atoms with E-state index in [2.05, 4.69) is 5.32 Å². The molecule has 144 valence electrons. The van der Waals surface area contributed by atoms with Crippen LogP contribution in [0, 0.1) is 5.82 Å². The second kappa shape index (κ2) is 7.96. The van der Waals surface area contributed by atoms with Crippen molar-refractivity contribution in [1.29, 1.82) is 0 Å². The highest BCUT2D eigenvalue weighted by Gasteiger charge is 2.30. The highest BCUT2D eigenvalue weighted by Crippen LogP contribution is 2.26. The average Bonchev–Trinajstić information content (AvgIpc) is 2.64. The van der Waals surface area contributed by atoms with E-state index in [1.165, 1.54) is 40.7 Å². The number of benzene rings is 2. The Balaban J connectivity index is 1.77. The topological polar surface area (TPSA) is 66.5 Å². The van der Waals surface area contributed by atoms with E-state index in [9.17, 15) is 17.6 Å². The fourth-order valence-electron chi connectivity index (χ4n) is 3.13. The van der Waals surface area contributed by atoms with Crippen molar-refractivity contribution in [3.63, 3.8) is 0 Å². The van der Waals surface area contributed by atoms with Crippen molar-refractivity contribution in [1.82, 2.24) is 4.31 Å². The Morgan fingerprint density at radius 1 is 1.19 bits per heavy atom. The maximum Gasteiger partial charge on any atom is 0.255 e. The predicted octanol–water partition coefficient (Wildman–Crippen LogP) is 4.29. The summed E-state index contributed by atoms with van der Waals surface area (Å²) in [5.41, 5.74) is 0.558. The van der Waals surface area contributed by atoms with Gasteiger partial charge in [0.2, 0.25) is 10.0 Å². The van der Waals surface area contributed by atoms with E-state index in [1.54, 1.807) is 0 Å². The Morgan fingerprint density at radius 2 is 1.89 bits per heavy atom. The van der Waals surface area contributed by atoms with Crippen LogP contribution in [0.25, 0.3) is 0 Å². The van der Waals surface area contributed by atoms with E-state index >= 15 is 0 Å². The van der Waals surface area contributed by atoms with Crippen LogP contribution in [-0.4, -0.2) is 31.2 Å². The van der Waals surface area contributed by atoms with Gasteiger partial charge in [0.25, 0.3) is 5.91 Å². The highest BCUT2D eigenvalue weighted by molar-refractivity contribution is 7.89. The number of sulfonamides is 1. The molecule has 3 rings (SSSR count).